The molecule has 1 heterocycles. The van der Waals surface area contributed by atoms with Crippen LogP contribution in [-0.4, -0.2) is 32.4 Å². The molecule has 8 heteroatoms. The van der Waals surface area contributed by atoms with Gasteiger partial charge in [-0.25, -0.2) is 8.42 Å². The Morgan fingerprint density at radius 2 is 1.85 bits per heavy atom. The van der Waals surface area contributed by atoms with E-state index in [4.69, 9.17) is 11.6 Å². The molecule has 20 heavy (non-hydrogen) atoms. The summed E-state index contributed by atoms with van der Waals surface area (Å²) in [6, 6.07) is 4.90. The van der Waals surface area contributed by atoms with E-state index < -0.39 is 20.2 Å². The molecule has 0 bridgehead atoms. The van der Waals surface area contributed by atoms with Crippen molar-refractivity contribution in [3.8, 4) is 0 Å². The van der Waals surface area contributed by atoms with Gasteiger partial charge in [-0.1, -0.05) is 0 Å². The molecule has 1 aromatic carbocycles. The molecule has 1 fully saturated rings. The molecule has 0 aromatic heterocycles. The largest absolute Gasteiger partial charge is 0.501 e. The smallest absolute Gasteiger partial charge is 0.367 e. The van der Waals surface area contributed by atoms with Crippen molar-refractivity contribution < 1.29 is 21.6 Å². The highest BCUT2D eigenvalue weighted by atomic mass is 35.5. The number of hydrogen-bond acceptors (Lipinski definition) is 3. The predicted octanol–water partition coefficient (Wildman–Crippen LogP) is 3.19. The second-order valence-corrected chi connectivity index (χ2v) is 6.84. The van der Waals surface area contributed by atoms with Gasteiger partial charge in [0.2, 0.25) is 0 Å². The van der Waals surface area contributed by atoms with Crippen LogP contribution in [0.5, 0.6) is 0 Å². The first-order valence-electron chi connectivity index (χ1n) is 6.01. The number of benzene rings is 1. The molecule has 112 valence electrons. The first kappa shape index (κ1) is 15.4. The zero-order valence-corrected chi connectivity index (χ0v) is 12.0. The van der Waals surface area contributed by atoms with Crippen LogP contribution in [0.15, 0.2) is 29.2 Å². The molecule has 0 radical (unpaired) electrons. The van der Waals surface area contributed by atoms with Crippen molar-refractivity contribution in [2.75, 3.05) is 17.3 Å². The minimum Gasteiger partial charge on any atom is -0.367 e. The Morgan fingerprint density at radius 1 is 1.25 bits per heavy atom. The van der Waals surface area contributed by atoms with Crippen molar-refractivity contribution in [1.82, 2.24) is 0 Å². The SMILES string of the molecule is O=S(=O)(c1ccc(N2CCCC2CCl)cc1)C(F)(F)F. The fraction of sp³-hybridized carbons (Fsp3) is 0.500. The van der Waals surface area contributed by atoms with Gasteiger partial charge < -0.3 is 4.90 Å². The molecular formula is C12H13ClF3NO2S. The summed E-state index contributed by atoms with van der Waals surface area (Å²) >= 11 is 5.83. The fourth-order valence-corrected chi connectivity index (χ4v) is 3.37. The first-order chi connectivity index (χ1) is 9.27. The lowest BCUT2D eigenvalue weighted by atomic mass is 10.2. The Labute approximate surface area is 120 Å². The average Bonchev–Trinajstić information content (AvgIpc) is 2.85. The van der Waals surface area contributed by atoms with E-state index in [0.29, 0.717) is 11.6 Å². The van der Waals surface area contributed by atoms with E-state index in [-0.39, 0.29) is 6.04 Å². The summed E-state index contributed by atoms with van der Waals surface area (Å²) in [7, 11) is -5.28. The van der Waals surface area contributed by atoms with Crippen molar-refractivity contribution in [1.29, 1.82) is 0 Å². The van der Waals surface area contributed by atoms with Gasteiger partial charge in [0.15, 0.2) is 0 Å². The van der Waals surface area contributed by atoms with Gasteiger partial charge in [-0.15, -0.1) is 11.6 Å². The second-order valence-electron chi connectivity index (χ2n) is 4.59. The number of alkyl halides is 4. The standard InChI is InChI=1S/C12H13ClF3NO2S/c13-8-10-2-1-7-17(10)9-3-5-11(6-4-9)20(18,19)12(14,15)16/h3-6,10H,1-2,7-8H2. The molecule has 1 aromatic rings. The minimum absolute atomic E-state index is 0.140. The van der Waals surface area contributed by atoms with Gasteiger partial charge in [0, 0.05) is 24.2 Å². The highest BCUT2D eigenvalue weighted by Crippen LogP contribution is 2.32. The quantitative estimate of drug-likeness (QED) is 0.800. The lowest BCUT2D eigenvalue weighted by Gasteiger charge is -2.25. The highest BCUT2D eigenvalue weighted by Gasteiger charge is 2.46. The van der Waals surface area contributed by atoms with E-state index in [1.165, 1.54) is 12.1 Å². The summed E-state index contributed by atoms with van der Waals surface area (Å²) in [5, 5.41) is 0. The summed E-state index contributed by atoms with van der Waals surface area (Å²) in [5.41, 5.74) is -4.59. The number of anilines is 1. The summed E-state index contributed by atoms with van der Waals surface area (Å²) in [5.74, 6) is 0.433. The van der Waals surface area contributed by atoms with Crippen LogP contribution in [0.4, 0.5) is 18.9 Å². The van der Waals surface area contributed by atoms with E-state index in [0.717, 1.165) is 31.5 Å². The maximum atomic E-state index is 12.4. The van der Waals surface area contributed by atoms with Crippen LogP contribution in [0.25, 0.3) is 0 Å². The zero-order chi connectivity index (χ0) is 15.0. The molecule has 2 rings (SSSR count). The average molecular weight is 328 g/mol. The summed E-state index contributed by atoms with van der Waals surface area (Å²) in [6.45, 7) is 0.767. The van der Waals surface area contributed by atoms with E-state index in [1.54, 1.807) is 0 Å². The third-order valence-electron chi connectivity index (χ3n) is 3.34. The number of rotatable bonds is 3. The fourth-order valence-electron chi connectivity index (χ4n) is 2.29. The van der Waals surface area contributed by atoms with Crippen LogP contribution in [0, 0.1) is 0 Å². The topological polar surface area (TPSA) is 37.4 Å². The molecule has 0 spiro atoms. The Morgan fingerprint density at radius 3 is 2.35 bits per heavy atom. The molecular weight excluding hydrogens is 315 g/mol. The van der Waals surface area contributed by atoms with Crippen LogP contribution >= 0.6 is 11.6 Å². The van der Waals surface area contributed by atoms with Crippen molar-refractivity contribution in [3.05, 3.63) is 24.3 Å². The van der Waals surface area contributed by atoms with Gasteiger partial charge in [0.25, 0.3) is 9.84 Å². The summed E-state index contributed by atoms with van der Waals surface area (Å²) in [4.78, 5) is 1.24. The van der Waals surface area contributed by atoms with E-state index in [2.05, 4.69) is 0 Å². The molecule has 1 saturated heterocycles. The molecule has 1 aliphatic rings. The van der Waals surface area contributed by atoms with Crippen LogP contribution in [0.3, 0.4) is 0 Å². The molecule has 1 unspecified atom stereocenters. The van der Waals surface area contributed by atoms with Crippen LogP contribution < -0.4 is 4.90 Å². The minimum atomic E-state index is -5.28. The van der Waals surface area contributed by atoms with Crippen molar-refractivity contribution in [2.24, 2.45) is 0 Å². The van der Waals surface area contributed by atoms with Gasteiger partial charge in [-0.05, 0) is 37.1 Å². The van der Waals surface area contributed by atoms with Crippen molar-refractivity contribution >= 4 is 27.1 Å². The number of halogens is 4. The van der Waals surface area contributed by atoms with Crippen LogP contribution in [-0.2, 0) is 9.84 Å². The van der Waals surface area contributed by atoms with Gasteiger partial charge in [-0.2, -0.15) is 13.2 Å². The predicted molar refractivity (Wildman–Crippen MR) is 70.8 cm³/mol. The molecule has 0 N–H and O–H groups in total. The molecule has 0 aliphatic carbocycles. The van der Waals surface area contributed by atoms with E-state index >= 15 is 0 Å². The van der Waals surface area contributed by atoms with Gasteiger partial charge in [0.05, 0.1) is 4.90 Å². The first-order valence-corrected chi connectivity index (χ1v) is 8.03. The monoisotopic (exact) mass is 327 g/mol. The third kappa shape index (κ3) is 2.74. The summed E-state index contributed by atoms with van der Waals surface area (Å²) < 4.78 is 59.8. The van der Waals surface area contributed by atoms with E-state index in [1.807, 2.05) is 4.90 Å². The van der Waals surface area contributed by atoms with E-state index in [9.17, 15) is 21.6 Å². The van der Waals surface area contributed by atoms with Gasteiger partial charge in [0.1, 0.15) is 0 Å². The molecule has 0 amide bonds. The lowest BCUT2D eigenvalue weighted by Crippen LogP contribution is -2.30. The maximum absolute atomic E-state index is 12.4. The molecule has 1 atom stereocenters. The molecule has 3 nitrogen and oxygen atoms in total. The second kappa shape index (κ2) is 5.44. The highest BCUT2D eigenvalue weighted by molar-refractivity contribution is 7.92. The maximum Gasteiger partial charge on any atom is 0.501 e. The Balaban J connectivity index is 2.27. The Kier molecular flexibility index (Phi) is 4.20. The molecule has 1 aliphatic heterocycles. The molecule has 0 saturated carbocycles. The lowest BCUT2D eigenvalue weighted by molar-refractivity contribution is -0.0436. The normalized spacial score (nSPS) is 20.4. The Hall–Kier alpha value is -0.950. The summed E-state index contributed by atoms with van der Waals surface area (Å²) in [6.07, 6.45) is 1.88. The third-order valence-corrected chi connectivity index (χ3v) is 5.20. The van der Waals surface area contributed by atoms with Gasteiger partial charge >= 0.3 is 5.51 Å². The number of hydrogen-bond donors (Lipinski definition) is 0. The van der Waals surface area contributed by atoms with Crippen molar-refractivity contribution in [2.45, 2.75) is 29.3 Å². The van der Waals surface area contributed by atoms with Gasteiger partial charge in [-0.3, -0.25) is 0 Å². The number of sulfone groups is 1. The van der Waals surface area contributed by atoms with Crippen LogP contribution in [0.2, 0.25) is 0 Å². The van der Waals surface area contributed by atoms with Crippen LogP contribution in [0.1, 0.15) is 12.8 Å². The Bertz CT molecular complexity index is 571. The number of nitrogens with zero attached hydrogens (tertiary/aromatic N) is 1. The zero-order valence-electron chi connectivity index (χ0n) is 10.4. The van der Waals surface area contributed by atoms with Crippen molar-refractivity contribution in [3.63, 3.8) is 0 Å².